The van der Waals surface area contributed by atoms with Gasteiger partial charge in [0, 0.05) is 0 Å². The lowest BCUT2D eigenvalue weighted by Crippen LogP contribution is -2.48. The van der Waals surface area contributed by atoms with Crippen LogP contribution in [0.25, 0.3) is 0 Å². The van der Waals surface area contributed by atoms with E-state index in [4.69, 9.17) is 0 Å². The molecule has 2 aliphatic rings. The minimum Gasteiger partial charge on any atom is -0.303 e. The standard InChI is InChI=1S/C18H33N3/c1-4-11-20-18(15-19)8-5-6-16(18)7-12-21-13-9-17(2,3)10-14-21/h16,20H,4-14H2,1-3H3. The van der Waals surface area contributed by atoms with Gasteiger partial charge in [0.2, 0.25) is 0 Å². The molecule has 3 heteroatoms. The maximum atomic E-state index is 9.69. The fraction of sp³-hybridized carbons (Fsp3) is 0.944. The third-order valence-corrected chi connectivity index (χ3v) is 5.71. The van der Waals surface area contributed by atoms with Crippen molar-refractivity contribution in [3.8, 4) is 6.07 Å². The molecule has 1 aliphatic carbocycles. The zero-order valence-electron chi connectivity index (χ0n) is 14.2. The Kier molecular flexibility index (Phi) is 5.68. The average molecular weight is 291 g/mol. The lowest BCUT2D eigenvalue weighted by atomic mass is 9.82. The highest BCUT2D eigenvalue weighted by molar-refractivity contribution is 5.14. The van der Waals surface area contributed by atoms with Gasteiger partial charge in [-0.1, -0.05) is 27.2 Å². The van der Waals surface area contributed by atoms with Crippen LogP contribution in [0.15, 0.2) is 0 Å². The van der Waals surface area contributed by atoms with Crippen LogP contribution in [0.5, 0.6) is 0 Å². The quantitative estimate of drug-likeness (QED) is 0.813. The zero-order valence-corrected chi connectivity index (χ0v) is 14.2. The van der Waals surface area contributed by atoms with Crippen LogP contribution >= 0.6 is 0 Å². The third kappa shape index (κ3) is 4.20. The Balaban J connectivity index is 1.83. The Morgan fingerprint density at radius 1 is 1.24 bits per heavy atom. The number of nitrogens with zero attached hydrogens (tertiary/aromatic N) is 2. The van der Waals surface area contributed by atoms with E-state index in [0.717, 1.165) is 19.4 Å². The molecule has 0 aromatic heterocycles. The van der Waals surface area contributed by atoms with Gasteiger partial charge in [0.05, 0.1) is 6.07 Å². The van der Waals surface area contributed by atoms with Gasteiger partial charge in [-0.3, -0.25) is 5.32 Å². The van der Waals surface area contributed by atoms with E-state index in [1.165, 1.54) is 51.7 Å². The molecule has 120 valence electrons. The SMILES string of the molecule is CCCNC1(C#N)CCCC1CCN1CCC(C)(C)CC1. The van der Waals surface area contributed by atoms with Crippen molar-refractivity contribution in [1.82, 2.24) is 10.2 Å². The normalized spacial score (nSPS) is 33.0. The summed E-state index contributed by atoms with van der Waals surface area (Å²) >= 11 is 0. The first-order valence-electron chi connectivity index (χ1n) is 8.90. The first kappa shape index (κ1) is 16.8. The first-order chi connectivity index (χ1) is 10.0. The highest BCUT2D eigenvalue weighted by atomic mass is 15.1. The Labute approximate surface area is 131 Å². The molecule has 0 radical (unpaired) electrons. The van der Waals surface area contributed by atoms with Gasteiger partial charge in [0.1, 0.15) is 5.54 Å². The second kappa shape index (κ2) is 7.11. The number of hydrogen-bond donors (Lipinski definition) is 1. The molecule has 1 heterocycles. The predicted octanol–water partition coefficient (Wildman–Crippen LogP) is 3.56. The van der Waals surface area contributed by atoms with Crippen LogP contribution in [0, 0.1) is 22.7 Å². The molecule has 1 saturated heterocycles. The molecule has 1 saturated carbocycles. The largest absolute Gasteiger partial charge is 0.303 e. The Morgan fingerprint density at radius 2 is 1.95 bits per heavy atom. The van der Waals surface area contributed by atoms with E-state index >= 15 is 0 Å². The summed E-state index contributed by atoms with van der Waals surface area (Å²) in [4.78, 5) is 2.62. The summed E-state index contributed by atoms with van der Waals surface area (Å²) in [6.45, 7) is 11.6. The van der Waals surface area contributed by atoms with Crippen molar-refractivity contribution in [2.45, 2.75) is 71.3 Å². The summed E-state index contributed by atoms with van der Waals surface area (Å²) in [5, 5.41) is 13.3. The minimum atomic E-state index is -0.231. The molecule has 3 nitrogen and oxygen atoms in total. The predicted molar refractivity (Wildman–Crippen MR) is 88.1 cm³/mol. The molecule has 0 bridgehead atoms. The molecule has 2 unspecified atom stereocenters. The van der Waals surface area contributed by atoms with Crippen molar-refractivity contribution < 1.29 is 0 Å². The van der Waals surface area contributed by atoms with Crippen LogP contribution in [0.4, 0.5) is 0 Å². The molecular weight excluding hydrogens is 258 g/mol. The van der Waals surface area contributed by atoms with Gasteiger partial charge in [-0.2, -0.15) is 5.26 Å². The van der Waals surface area contributed by atoms with Crippen LogP contribution in [-0.4, -0.2) is 36.6 Å². The van der Waals surface area contributed by atoms with Crippen molar-refractivity contribution in [3.05, 3.63) is 0 Å². The topological polar surface area (TPSA) is 39.1 Å². The summed E-state index contributed by atoms with van der Waals surface area (Å²) < 4.78 is 0. The fourth-order valence-electron chi connectivity index (χ4n) is 3.96. The van der Waals surface area contributed by atoms with Crippen LogP contribution in [0.3, 0.4) is 0 Å². The van der Waals surface area contributed by atoms with E-state index in [2.05, 4.69) is 37.1 Å². The molecule has 1 N–H and O–H groups in total. The van der Waals surface area contributed by atoms with Crippen molar-refractivity contribution in [2.75, 3.05) is 26.2 Å². The molecule has 0 spiro atoms. The van der Waals surface area contributed by atoms with Gasteiger partial charge in [0.25, 0.3) is 0 Å². The monoisotopic (exact) mass is 291 g/mol. The van der Waals surface area contributed by atoms with Crippen molar-refractivity contribution >= 4 is 0 Å². The van der Waals surface area contributed by atoms with Gasteiger partial charge >= 0.3 is 0 Å². The van der Waals surface area contributed by atoms with E-state index in [9.17, 15) is 5.26 Å². The van der Waals surface area contributed by atoms with Gasteiger partial charge in [-0.25, -0.2) is 0 Å². The van der Waals surface area contributed by atoms with Gasteiger partial charge < -0.3 is 4.90 Å². The molecule has 1 aliphatic heterocycles. The second-order valence-corrected chi connectivity index (χ2v) is 7.89. The summed E-state index contributed by atoms with van der Waals surface area (Å²) in [7, 11) is 0. The van der Waals surface area contributed by atoms with Crippen molar-refractivity contribution in [1.29, 1.82) is 5.26 Å². The van der Waals surface area contributed by atoms with E-state index < -0.39 is 0 Å². The highest BCUT2D eigenvalue weighted by Crippen LogP contribution is 2.38. The van der Waals surface area contributed by atoms with E-state index in [1.54, 1.807) is 0 Å². The summed E-state index contributed by atoms with van der Waals surface area (Å²) in [5.41, 5.74) is 0.300. The molecule has 2 atom stereocenters. The Morgan fingerprint density at radius 3 is 2.57 bits per heavy atom. The summed E-state index contributed by atoms with van der Waals surface area (Å²) in [5.74, 6) is 0.545. The number of hydrogen-bond acceptors (Lipinski definition) is 3. The number of nitriles is 1. The Hall–Kier alpha value is -0.590. The molecule has 0 aromatic carbocycles. The van der Waals surface area contributed by atoms with Crippen LogP contribution in [-0.2, 0) is 0 Å². The number of likely N-dealkylation sites (tertiary alicyclic amines) is 1. The first-order valence-corrected chi connectivity index (χ1v) is 8.90. The Bertz CT molecular complexity index is 361. The number of rotatable bonds is 6. The van der Waals surface area contributed by atoms with Crippen LogP contribution < -0.4 is 5.32 Å². The van der Waals surface area contributed by atoms with E-state index in [-0.39, 0.29) is 5.54 Å². The molecule has 2 fully saturated rings. The summed E-state index contributed by atoms with van der Waals surface area (Å²) in [6.07, 6.45) is 8.40. The van der Waals surface area contributed by atoms with Crippen LogP contribution in [0.2, 0.25) is 0 Å². The molecule has 21 heavy (non-hydrogen) atoms. The lowest BCUT2D eigenvalue weighted by Gasteiger charge is -2.38. The maximum Gasteiger partial charge on any atom is 0.109 e. The molecule has 0 aromatic rings. The van der Waals surface area contributed by atoms with E-state index in [0.29, 0.717) is 11.3 Å². The smallest absolute Gasteiger partial charge is 0.109 e. The maximum absolute atomic E-state index is 9.69. The zero-order chi connectivity index (χ0) is 15.3. The van der Waals surface area contributed by atoms with Crippen molar-refractivity contribution in [2.24, 2.45) is 11.3 Å². The molecule has 0 amide bonds. The highest BCUT2D eigenvalue weighted by Gasteiger charge is 2.42. The molecule has 2 rings (SSSR count). The lowest BCUT2D eigenvalue weighted by molar-refractivity contribution is 0.122. The summed E-state index contributed by atoms with van der Waals surface area (Å²) in [6, 6.07) is 2.63. The third-order valence-electron chi connectivity index (χ3n) is 5.71. The number of piperidine rings is 1. The number of nitrogens with one attached hydrogen (secondary N) is 1. The van der Waals surface area contributed by atoms with Gasteiger partial charge in [0.15, 0.2) is 0 Å². The van der Waals surface area contributed by atoms with Crippen LogP contribution in [0.1, 0.15) is 65.7 Å². The minimum absolute atomic E-state index is 0.231. The fourth-order valence-corrected chi connectivity index (χ4v) is 3.96. The van der Waals surface area contributed by atoms with Gasteiger partial charge in [-0.15, -0.1) is 0 Å². The van der Waals surface area contributed by atoms with Crippen molar-refractivity contribution in [3.63, 3.8) is 0 Å². The molecular formula is C18H33N3. The second-order valence-electron chi connectivity index (χ2n) is 7.89. The van der Waals surface area contributed by atoms with E-state index in [1.807, 2.05) is 0 Å². The average Bonchev–Trinajstić information content (AvgIpc) is 2.87. The van der Waals surface area contributed by atoms with Gasteiger partial charge in [-0.05, 0) is 76.0 Å².